The number of anilines is 1. The summed E-state index contributed by atoms with van der Waals surface area (Å²) < 4.78 is 0. The Morgan fingerprint density at radius 3 is 2.65 bits per heavy atom. The third-order valence-electron chi connectivity index (χ3n) is 4.95. The second-order valence-electron chi connectivity index (χ2n) is 6.64. The monoisotopic (exact) mass is 365 g/mol. The van der Waals surface area contributed by atoms with Crippen molar-refractivity contribution >= 4 is 33.8 Å². The van der Waals surface area contributed by atoms with Crippen LogP contribution in [-0.4, -0.2) is 30.6 Å². The summed E-state index contributed by atoms with van der Waals surface area (Å²) in [6.07, 6.45) is 2.48. The van der Waals surface area contributed by atoms with Crippen molar-refractivity contribution in [2.45, 2.75) is 18.9 Å². The minimum atomic E-state index is -0.151. The number of rotatable bonds is 5. The molecule has 0 bridgehead atoms. The van der Waals surface area contributed by atoms with Crippen molar-refractivity contribution in [2.24, 2.45) is 0 Å². The zero-order valence-corrected chi connectivity index (χ0v) is 15.5. The molecule has 3 aromatic rings. The molecule has 5 heteroatoms. The number of nitrogens with zero attached hydrogens (tertiary/aromatic N) is 1. The summed E-state index contributed by atoms with van der Waals surface area (Å²) in [7, 11) is 0. The van der Waals surface area contributed by atoms with Crippen LogP contribution < -0.4 is 10.6 Å². The Labute approximate surface area is 157 Å². The molecule has 134 valence electrons. The summed E-state index contributed by atoms with van der Waals surface area (Å²) in [5.74, 6) is 0. The predicted molar refractivity (Wildman–Crippen MR) is 109 cm³/mol. The lowest BCUT2D eigenvalue weighted by molar-refractivity contribution is 0.229. The number of amides is 2. The molecule has 2 aromatic carbocycles. The standard InChI is InChI=1S/C21H23N3OS/c25-21(23-18-10-5-8-16-7-1-2-9-17(16)18)22-15-19(20-11-6-14-26-20)24-12-3-4-13-24/h1-2,5-11,14,19H,3-4,12-13,15H2,(H2,22,23,25)/t19-/m0/s1. The number of likely N-dealkylation sites (tertiary alicyclic amines) is 1. The Balaban J connectivity index is 1.43. The molecule has 0 unspecified atom stereocenters. The van der Waals surface area contributed by atoms with Gasteiger partial charge in [0.25, 0.3) is 0 Å². The number of carbonyl (C=O) groups is 1. The van der Waals surface area contributed by atoms with Gasteiger partial charge in [0.1, 0.15) is 0 Å². The van der Waals surface area contributed by atoms with Crippen LogP contribution in [0.2, 0.25) is 0 Å². The van der Waals surface area contributed by atoms with Gasteiger partial charge in [-0.2, -0.15) is 0 Å². The molecule has 4 nitrogen and oxygen atoms in total. The van der Waals surface area contributed by atoms with Crippen LogP contribution in [0.5, 0.6) is 0 Å². The van der Waals surface area contributed by atoms with Gasteiger partial charge in [-0.05, 0) is 48.8 Å². The molecule has 2 N–H and O–H groups in total. The first-order valence-corrected chi connectivity index (χ1v) is 9.99. The molecule has 1 fully saturated rings. The Morgan fingerprint density at radius 2 is 1.85 bits per heavy atom. The van der Waals surface area contributed by atoms with E-state index < -0.39 is 0 Å². The highest BCUT2D eigenvalue weighted by Crippen LogP contribution is 2.28. The van der Waals surface area contributed by atoms with Crippen molar-refractivity contribution in [1.82, 2.24) is 10.2 Å². The molecule has 0 spiro atoms. The van der Waals surface area contributed by atoms with E-state index in [2.05, 4.69) is 45.2 Å². The fraction of sp³-hybridized carbons (Fsp3) is 0.286. The molecule has 26 heavy (non-hydrogen) atoms. The number of hydrogen-bond donors (Lipinski definition) is 2. The molecule has 0 radical (unpaired) electrons. The second-order valence-corrected chi connectivity index (χ2v) is 7.62. The average molecular weight is 366 g/mol. The second kappa shape index (κ2) is 7.89. The Morgan fingerprint density at radius 1 is 1.04 bits per heavy atom. The Hall–Kier alpha value is -2.37. The van der Waals surface area contributed by atoms with Crippen molar-refractivity contribution in [3.8, 4) is 0 Å². The van der Waals surface area contributed by atoms with Gasteiger partial charge in [-0.3, -0.25) is 4.90 Å². The summed E-state index contributed by atoms with van der Waals surface area (Å²) in [5.41, 5.74) is 0.842. The van der Waals surface area contributed by atoms with Crippen LogP contribution in [0.4, 0.5) is 10.5 Å². The molecule has 0 saturated carbocycles. The smallest absolute Gasteiger partial charge is 0.319 e. The number of nitrogens with one attached hydrogen (secondary N) is 2. The van der Waals surface area contributed by atoms with E-state index in [0.717, 1.165) is 29.5 Å². The summed E-state index contributed by atoms with van der Waals surface area (Å²) in [5, 5.41) is 10.4. The minimum absolute atomic E-state index is 0.151. The largest absolute Gasteiger partial charge is 0.336 e. The third kappa shape index (κ3) is 3.74. The first-order chi connectivity index (χ1) is 12.8. The molecule has 2 amide bonds. The molecule has 1 aliphatic heterocycles. The van der Waals surface area contributed by atoms with Crippen LogP contribution in [0.15, 0.2) is 60.0 Å². The lowest BCUT2D eigenvalue weighted by Gasteiger charge is -2.27. The third-order valence-corrected chi connectivity index (χ3v) is 5.92. The zero-order chi connectivity index (χ0) is 17.8. The van der Waals surface area contributed by atoms with Crippen molar-refractivity contribution in [1.29, 1.82) is 0 Å². The van der Waals surface area contributed by atoms with Crippen molar-refractivity contribution < 1.29 is 4.79 Å². The molecule has 1 saturated heterocycles. The number of fused-ring (bicyclic) bond motifs is 1. The number of urea groups is 1. The zero-order valence-electron chi connectivity index (χ0n) is 14.7. The topological polar surface area (TPSA) is 44.4 Å². The van der Waals surface area contributed by atoms with E-state index in [1.54, 1.807) is 11.3 Å². The fourth-order valence-corrected chi connectivity index (χ4v) is 4.49. The van der Waals surface area contributed by atoms with Gasteiger partial charge < -0.3 is 10.6 Å². The van der Waals surface area contributed by atoms with Crippen molar-refractivity contribution in [3.63, 3.8) is 0 Å². The SMILES string of the molecule is O=C(NC[C@@H](c1cccs1)N1CCCC1)Nc1cccc2ccccc12. The highest BCUT2D eigenvalue weighted by molar-refractivity contribution is 7.10. The van der Waals surface area contributed by atoms with E-state index in [1.807, 2.05) is 30.3 Å². The average Bonchev–Trinajstić information content (AvgIpc) is 3.37. The summed E-state index contributed by atoms with van der Waals surface area (Å²) in [6, 6.07) is 18.4. The molecule has 0 aliphatic carbocycles. The van der Waals surface area contributed by atoms with Crippen LogP contribution in [0.1, 0.15) is 23.8 Å². The molecule has 4 rings (SSSR count). The maximum atomic E-state index is 12.5. The predicted octanol–water partition coefficient (Wildman–Crippen LogP) is 4.86. The maximum Gasteiger partial charge on any atom is 0.319 e. The molecular weight excluding hydrogens is 342 g/mol. The number of benzene rings is 2. The lowest BCUT2D eigenvalue weighted by atomic mass is 10.1. The van der Waals surface area contributed by atoms with Crippen LogP contribution in [0.25, 0.3) is 10.8 Å². The van der Waals surface area contributed by atoms with E-state index in [-0.39, 0.29) is 12.1 Å². The normalized spacial score (nSPS) is 15.8. The maximum absolute atomic E-state index is 12.5. The molecule has 1 aliphatic rings. The van der Waals surface area contributed by atoms with Gasteiger partial charge in [0, 0.05) is 16.8 Å². The van der Waals surface area contributed by atoms with Gasteiger partial charge in [0.15, 0.2) is 0 Å². The van der Waals surface area contributed by atoms with Gasteiger partial charge in [0.2, 0.25) is 0 Å². The first kappa shape index (κ1) is 17.1. The highest BCUT2D eigenvalue weighted by Gasteiger charge is 2.24. The number of hydrogen-bond acceptors (Lipinski definition) is 3. The summed E-state index contributed by atoms with van der Waals surface area (Å²) >= 11 is 1.76. The van der Waals surface area contributed by atoms with Crippen LogP contribution in [0.3, 0.4) is 0 Å². The molecule has 1 aromatic heterocycles. The quantitative estimate of drug-likeness (QED) is 0.678. The van der Waals surface area contributed by atoms with Crippen molar-refractivity contribution in [3.05, 3.63) is 64.9 Å². The summed E-state index contributed by atoms with van der Waals surface area (Å²) in [4.78, 5) is 16.3. The number of carbonyl (C=O) groups excluding carboxylic acids is 1. The van der Waals surface area contributed by atoms with Crippen LogP contribution in [0, 0.1) is 0 Å². The van der Waals surface area contributed by atoms with Crippen molar-refractivity contribution in [2.75, 3.05) is 25.0 Å². The Bertz CT molecular complexity index is 867. The lowest BCUT2D eigenvalue weighted by Crippen LogP contribution is -2.38. The van der Waals surface area contributed by atoms with E-state index in [4.69, 9.17) is 0 Å². The van der Waals surface area contributed by atoms with Gasteiger partial charge >= 0.3 is 6.03 Å². The van der Waals surface area contributed by atoms with E-state index in [0.29, 0.717) is 6.54 Å². The van der Waals surface area contributed by atoms with Crippen LogP contribution in [-0.2, 0) is 0 Å². The number of thiophene rings is 1. The minimum Gasteiger partial charge on any atom is -0.336 e. The highest BCUT2D eigenvalue weighted by atomic mass is 32.1. The molecule has 2 heterocycles. The van der Waals surface area contributed by atoms with E-state index in [1.165, 1.54) is 17.7 Å². The van der Waals surface area contributed by atoms with E-state index in [9.17, 15) is 4.79 Å². The van der Waals surface area contributed by atoms with Gasteiger partial charge in [-0.1, -0.05) is 42.5 Å². The van der Waals surface area contributed by atoms with Gasteiger partial charge in [-0.15, -0.1) is 11.3 Å². The van der Waals surface area contributed by atoms with Gasteiger partial charge in [0.05, 0.1) is 11.7 Å². The summed E-state index contributed by atoms with van der Waals surface area (Å²) in [6.45, 7) is 2.83. The van der Waals surface area contributed by atoms with Gasteiger partial charge in [-0.25, -0.2) is 4.79 Å². The van der Waals surface area contributed by atoms with E-state index >= 15 is 0 Å². The first-order valence-electron chi connectivity index (χ1n) is 9.11. The fourth-order valence-electron chi connectivity index (χ4n) is 3.63. The van der Waals surface area contributed by atoms with Crippen LogP contribution >= 0.6 is 11.3 Å². The molecule has 1 atom stereocenters. The molecular formula is C21H23N3OS. The Kier molecular flexibility index (Phi) is 5.18.